The molecule has 0 bridgehead atoms. The molecule has 1 aliphatic heterocycles. The van der Waals surface area contributed by atoms with Crippen LogP contribution in [0.4, 0.5) is 0 Å². The summed E-state index contributed by atoms with van der Waals surface area (Å²) in [5.41, 5.74) is 0. The molecule has 9 heavy (non-hydrogen) atoms. The lowest BCUT2D eigenvalue weighted by Crippen LogP contribution is -2.14. The highest BCUT2D eigenvalue weighted by Crippen LogP contribution is 2.23. The zero-order chi connectivity index (χ0) is 6.69. The van der Waals surface area contributed by atoms with Crippen LogP contribution in [0.1, 0.15) is 6.42 Å². The molecule has 1 N–H and O–H groups in total. The van der Waals surface area contributed by atoms with Crippen LogP contribution in [0, 0.1) is 5.92 Å². The van der Waals surface area contributed by atoms with Crippen molar-refractivity contribution in [1.29, 1.82) is 0 Å². The van der Waals surface area contributed by atoms with E-state index in [0.717, 1.165) is 17.9 Å². The average molecular weight is 148 g/mol. The van der Waals surface area contributed by atoms with Crippen LogP contribution in [0.2, 0.25) is 0 Å². The SMILES string of the molecule is O=C(OO)[C@@H]1CCSC1. The average Bonchev–Trinajstić information content (AvgIpc) is 2.37. The molecule has 4 heteroatoms. The molecule has 1 heterocycles. The third-order valence-corrected chi connectivity index (χ3v) is 2.52. The molecular formula is C5H8O3S. The second kappa shape index (κ2) is 3.08. The first-order chi connectivity index (χ1) is 4.34. The molecule has 0 aliphatic carbocycles. The first kappa shape index (κ1) is 6.89. The van der Waals surface area contributed by atoms with Gasteiger partial charge in [0.25, 0.3) is 0 Å². The first-order valence-electron chi connectivity index (χ1n) is 2.77. The second-order valence-electron chi connectivity index (χ2n) is 1.97. The third kappa shape index (κ3) is 1.59. The van der Waals surface area contributed by atoms with Crippen molar-refractivity contribution in [1.82, 2.24) is 0 Å². The van der Waals surface area contributed by atoms with Crippen LogP contribution in [0.5, 0.6) is 0 Å². The van der Waals surface area contributed by atoms with Crippen molar-refractivity contribution < 1.29 is 14.9 Å². The minimum atomic E-state index is -0.486. The van der Waals surface area contributed by atoms with E-state index in [1.165, 1.54) is 0 Å². The number of carbonyl (C=O) groups excluding carboxylic acids is 1. The molecule has 0 amide bonds. The van der Waals surface area contributed by atoms with Crippen LogP contribution in [0.25, 0.3) is 0 Å². The Bertz CT molecular complexity index is 109. The van der Waals surface area contributed by atoms with E-state index in [-0.39, 0.29) is 5.92 Å². The summed E-state index contributed by atoms with van der Waals surface area (Å²) in [7, 11) is 0. The Kier molecular flexibility index (Phi) is 2.36. The van der Waals surface area contributed by atoms with E-state index in [9.17, 15) is 4.79 Å². The Labute approximate surface area is 57.3 Å². The summed E-state index contributed by atoms with van der Waals surface area (Å²) in [4.78, 5) is 14.1. The molecule has 0 saturated carbocycles. The summed E-state index contributed by atoms with van der Waals surface area (Å²) >= 11 is 1.71. The lowest BCUT2D eigenvalue weighted by molar-refractivity contribution is -0.238. The van der Waals surface area contributed by atoms with Crippen LogP contribution in [-0.4, -0.2) is 22.7 Å². The third-order valence-electron chi connectivity index (χ3n) is 1.35. The Morgan fingerprint density at radius 1 is 1.78 bits per heavy atom. The smallest absolute Gasteiger partial charge is 0.301 e. The van der Waals surface area contributed by atoms with Crippen LogP contribution in [0.3, 0.4) is 0 Å². The Morgan fingerprint density at radius 3 is 3.00 bits per heavy atom. The van der Waals surface area contributed by atoms with Crippen molar-refractivity contribution in [2.45, 2.75) is 6.42 Å². The molecule has 1 aliphatic rings. The van der Waals surface area contributed by atoms with Gasteiger partial charge in [0.1, 0.15) is 0 Å². The second-order valence-corrected chi connectivity index (χ2v) is 3.12. The van der Waals surface area contributed by atoms with Crippen LogP contribution in [-0.2, 0) is 9.68 Å². The molecule has 0 aromatic carbocycles. The molecule has 0 aromatic rings. The van der Waals surface area contributed by atoms with E-state index in [2.05, 4.69) is 4.89 Å². The van der Waals surface area contributed by atoms with Gasteiger partial charge in [-0.15, -0.1) is 0 Å². The van der Waals surface area contributed by atoms with Gasteiger partial charge in [-0.3, -0.25) is 0 Å². The van der Waals surface area contributed by atoms with Crippen LogP contribution >= 0.6 is 11.8 Å². The summed E-state index contributed by atoms with van der Waals surface area (Å²) < 4.78 is 0. The minimum Gasteiger partial charge on any atom is -0.301 e. The van der Waals surface area contributed by atoms with Gasteiger partial charge in [0, 0.05) is 5.75 Å². The van der Waals surface area contributed by atoms with E-state index >= 15 is 0 Å². The van der Waals surface area contributed by atoms with Gasteiger partial charge in [-0.05, 0) is 12.2 Å². The molecular weight excluding hydrogens is 140 g/mol. The van der Waals surface area contributed by atoms with Crippen molar-refractivity contribution >= 4 is 17.7 Å². The van der Waals surface area contributed by atoms with Crippen LogP contribution < -0.4 is 0 Å². The number of carbonyl (C=O) groups is 1. The number of thioether (sulfide) groups is 1. The predicted molar refractivity (Wildman–Crippen MR) is 34.2 cm³/mol. The van der Waals surface area contributed by atoms with Crippen molar-refractivity contribution in [3.05, 3.63) is 0 Å². The zero-order valence-electron chi connectivity index (χ0n) is 4.87. The summed E-state index contributed by atoms with van der Waals surface area (Å²) in [5, 5.41) is 7.94. The predicted octanol–water partition coefficient (Wildman–Crippen LogP) is 0.756. The lowest BCUT2D eigenvalue weighted by Gasteiger charge is -2.00. The Hall–Kier alpha value is -0.220. The van der Waals surface area contributed by atoms with Crippen molar-refractivity contribution in [2.24, 2.45) is 5.92 Å². The van der Waals surface area contributed by atoms with E-state index in [1.807, 2.05) is 0 Å². The molecule has 1 fully saturated rings. The van der Waals surface area contributed by atoms with Crippen molar-refractivity contribution in [2.75, 3.05) is 11.5 Å². The van der Waals surface area contributed by atoms with Gasteiger partial charge in [0.05, 0.1) is 5.92 Å². The van der Waals surface area contributed by atoms with Gasteiger partial charge < -0.3 is 4.89 Å². The van der Waals surface area contributed by atoms with E-state index in [4.69, 9.17) is 5.26 Å². The minimum absolute atomic E-state index is 0.0694. The fourth-order valence-electron chi connectivity index (χ4n) is 0.795. The Balaban J connectivity index is 2.32. The van der Waals surface area contributed by atoms with Crippen LogP contribution in [0.15, 0.2) is 0 Å². The zero-order valence-corrected chi connectivity index (χ0v) is 5.69. The van der Waals surface area contributed by atoms with Gasteiger partial charge in [-0.25, -0.2) is 4.79 Å². The summed E-state index contributed by atoms with van der Waals surface area (Å²) in [6, 6.07) is 0. The fourth-order valence-corrected chi connectivity index (χ4v) is 2.00. The van der Waals surface area contributed by atoms with Crippen molar-refractivity contribution in [3.8, 4) is 0 Å². The van der Waals surface area contributed by atoms with E-state index < -0.39 is 5.97 Å². The summed E-state index contributed by atoms with van der Waals surface area (Å²) in [6.07, 6.45) is 0.837. The summed E-state index contributed by atoms with van der Waals surface area (Å²) in [5.74, 6) is 1.24. The molecule has 3 nitrogen and oxygen atoms in total. The normalized spacial score (nSPS) is 26.1. The molecule has 1 atom stereocenters. The first-order valence-corrected chi connectivity index (χ1v) is 3.93. The maximum atomic E-state index is 10.5. The monoisotopic (exact) mass is 148 g/mol. The highest BCUT2D eigenvalue weighted by Gasteiger charge is 2.24. The molecule has 0 aromatic heterocycles. The van der Waals surface area contributed by atoms with Gasteiger partial charge in [0.2, 0.25) is 0 Å². The Morgan fingerprint density at radius 2 is 2.56 bits per heavy atom. The maximum Gasteiger partial charge on any atom is 0.345 e. The molecule has 0 unspecified atom stereocenters. The molecule has 1 saturated heterocycles. The van der Waals surface area contributed by atoms with Gasteiger partial charge >= 0.3 is 5.97 Å². The number of hydrogen-bond acceptors (Lipinski definition) is 4. The van der Waals surface area contributed by atoms with Gasteiger partial charge in [-0.2, -0.15) is 17.0 Å². The molecule has 0 spiro atoms. The quantitative estimate of drug-likeness (QED) is 0.440. The largest absolute Gasteiger partial charge is 0.345 e. The molecule has 0 radical (unpaired) electrons. The fraction of sp³-hybridized carbons (Fsp3) is 0.800. The van der Waals surface area contributed by atoms with E-state index in [0.29, 0.717) is 0 Å². The standard InChI is InChI=1S/C5H8O3S/c6-5(8-7)4-1-2-9-3-4/h4,7H,1-3H2/t4-/m1/s1. The topological polar surface area (TPSA) is 46.5 Å². The summed E-state index contributed by atoms with van der Waals surface area (Å²) in [6.45, 7) is 0. The molecule has 52 valence electrons. The van der Waals surface area contributed by atoms with Gasteiger partial charge in [-0.1, -0.05) is 0 Å². The number of rotatable bonds is 1. The number of hydrogen-bond donors (Lipinski definition) is 1. The maximum absolute atomic E-state index is 10.5. The molecule has 1 rings (SSSR count). The van der Waals surface area contributed by atoms with Gasteiger partial charge in [0.15, 0.2) is 0 Å². The highest BCUT2D eigenvalue weighted by atomic mass is 32.2. The van der Waals surface area contributed by atoms with Crippen molar-refractivity contribution in [3.63, 3.8) is 0 Å². The highest BCUT2D eigenvalue weighted by molar-refractivity contribution is 7.99. The lowest BCUT2D eigenvalue weighted by atomic mass is 10.1. The van der Waals surface area contributed by atoms with E-state index in [1.54, 1.807) is 11.8 Å².